The van der Waals surface area contributed by atoms with E-state index in [4.69, 9.17) is 63.7 Å². The van der Waals surface area contributed by atoms with Crippen LogP contribution in [0.25, 0.3) is 33.5 Å². The minimum atomic E-state index is -6.18. The molecule has 5 unspecified atom stereocenters. The van der Waals surface area contributed by atoms with Crippen molar-refractivity contribution in [2.75, 3.05) is 65.0 Å². The molecule has 13 N–H and O–H groups in total. The fourth-order valence-corrected chi connectivity index (χ4v) is 13.7. The van der Waals surface area contributed by atoms with Gasteiger partial charge in [0.1, 0.15) is 54.6 Å². The second-order valence-corrected chi connectivity index (χ2v) is 23.6. The number of rotatable bonds is 23. The van der Waals surface area contributed by atoms with E-state index in [9.17, 15) is 57.6 Å². The second-order valence-electron chi connectivity index (χ2n) is 17.6. The number of nitrogens with two attached hydrogens (primary N) is 3. The second kappa shape index (κ2) is 22.7. The third-order valence-corrected chi connectivity index (χ3v) is 17.9. The number of aromatic amines is 2. The molecule has 6 aromatic rings. The van der Waals surface area contributed by atoms with Gasteiger partial charge < -0.3 is 84.5 Å². The molecule has 43 heteroatoms. The molecule has 0 radical (unpaired) electrons. The number of aryl methyl sites for hydroxylation is 1. The summed E-state index contributed by atoms with van der Waals surface area (Å²) in [4.78, 5) is 99.6. The minimum Gasteiger partial charge on any atom is -0.756 e. The Hall–Kier alpha value is -5.15. The summed E-state index contributed by atoms with van der Waals surface area (Å²) in [6.07, 6.45) is -11.6. The summed E-state index contributed by atoms with van der Waals surface area (Å²) < 4.78 is 122. The summed E-state index contributed by atoms with van der Waals surface area (Å²) in [6, 6.07) is 0. The molecule has 3 aliphatic heterocycles. The Labute approximate surface area is 440 Å². The molecule has 16 atom stereocenters. The van der Waals surface area contributed by atoms with Crippen LogP contribution in [-0.2, 0) is 80.4 Å². The third kappa shape index (κ3) is 12.1. The Morgan fingerprint density at radius 3 is 1.91 bits per heavy atom. The van der Waals surface area contributed by atoms with E-state index in [1.54, 1.807) is 0 Å². The molecular formula is C36H51N15O24P4. The highest BCUT2D eigenvalue weighted by atomic mass is 31.3. The van der Waals surface area contributed by atoms with Gasteiger partial charge in [0.15, 0.2) is 35.1 Å². The summed E-state index contributed by atoms with van der Waals surface area (Å²) in [6.45, 7) is -3.12. The maximum Gasteiger partial charge on any atom is 0.490 e. The molecule has 0 aliphatic carbocycles. The van der Waals surface area contributed by atoms with Crippen LogP contribution in [0.5, 0.6) is 0 Å². The van der Waals surface area contributed by atoms with Gasteiger partial charge in [0.2, 0.25) is 24.5 Å². The van der Waals surface area contributed by atoms with Crippen LogP contribution in [0.2, 0.25) is 0 Å². The number of H-pyrrole nitrogens is 2. The molecule has 9 rings (SSSR count). The van der Waals surface area contributed by atoms with Crippen LogP contribution in [-0.4, -0.2) is 175 Å². The van der Waals surface area contributed by atoms with Crippen LogP contribution in [0.4, 0.5) is 17.7 Å². The van der Waals surface area contributed by atoms with Crippen LogP contribution in [0, 0.1) is 5.92 Å². The highest BCUT2D eigenvalue weighted by molar-refractivity contribution is 7.66. The van der Waals surface area contributed by atoms with Crippen molar-refractivity contribution in [2.45, 2.75) is 73.9 Å². The average Bonchev–Trinajstić information content (AvgIpc) is 4.43. The zero-order valence-electron chi connectivity index (χ0n) is 41.3. The van der Waals surface area contributed by atoms with Crippen molar-refractivity contribution in [3.8, 4) is 0 Å². The number of phosphoric ester groups is 3. The highest BCUT2D eigenvalue weighted by Crippen LogP contribution is 2.68. The monoisotopic (exact) mass is 1200 g/mol. The van der Waals surface area contributed by atoms with Crippen molar-refractivity contribution in [1.29, 1.82) is 0 Å². The van der Waals surface area contributed by atoms with Crippen molar-refractivity contribution in [2.24, 2.45) is 13.0 Å². The van der Waals surface area contributed by atoms with Gasteiger partial charge in [-0.05, 0) is 6.42 Å². The number of nitrogen functional groups attached to an aromatic ring is 3. The van der Waals surface area contributed by atoms with Gasteiger partial charge >= 0.3 is 29.0 Å². The summed E-state index contributed by atoms with van der Waals surface area (Å²) in [5.41, 5.74) is 16.0. The number of hydrogen-bond donors (Lipinski definition) is 10. The van der Waals surface area contributed by atoms with Crippen LogP contribution < -0.4 is 37.8 Å². The van der Waals surface area contributed by atoms with Gasteiger partial charge in [-0.3, -0.25) is 42.3 Å². The number of phosphoric acid groups is 4. The van der Waals surface area contributed by atoms with E-state index in [1.165, 1.54) is 45.9 Å². The Balaban J connectivity index is 0.876. The first kappa shape index (κ1) is 58.5. The number of nitrogens with one attached hydrogen (secondary N) is 2. The van der Waals surface area contributed by atoms with Crippen LogP contribution in [0.3, 0.4) is 0 Å². The Morgan fingerprint density at radius 2 is 1.25 bits per heavy atom. The van der Waals surface area contributed by atoms with Gasteiger partial charge in [-0.25, -0.2) is 38.2 Å². The van der Waals surface area contributed by atoms with Gasteiger partial charge in [-0.2, -0.15) is 23.2 Å². The molecule has 79 heavy (non-hydrogen) atoms. The lowest BCUT2D eigenvalue weighted by Gasteiger charge is -2.31. The average molecular weight is 1200 g/mol. The van der Waals surface area contributed by atoms with E-state index in [0.717, 1.165) is 26.1 Å². The van der Waals surface area contributed by atoms with Crippen molar-refractivity contribution >= 4 is 82.5 Å². The van der Waals surface area contributed by atoms with Gasteiger partial charge in [0, 0.05) is 33.9 Å². The van der Waals surface area contributed by atoms with Crippen LogP contribution in [0.15, 0.2) is 34.9 Å². The first-order chi connectivity index (χ1) is 37.2. The van der Waals surface area contributed by atoms with E-state index in [0.29, 0.717) is 0 Å². The molecule has 434 valence electrons. The molecular weight excluding hydrogens is 1150 g/mol. The third-order valence-electron chi connectivity index (χ3n) is 12.6. The molecule has 9 heterocycles. The smallest absolute Gasteiger partial charge is 0.490 e. The lowest BCUT2D eigenvalue weighted by molar-refractivity contribution is -0.646. The zero-order valence-corrected chi connectivity index (χ0v) is 44.8. The topological polar surface area (TPSA) is 543 Å². The molecule has 0 spiro atoms. The number of aliphatic hydroxyl groups excluding tert-OH is 2. The van der Waals surface area contributed by atoms with E-state index in [1.807, 2.05) is 0 Å². The van der Waals surface area contributed by atoms with Crippen molar-refractivity contribution in [3.05, 3.63) is 46.0 Å². The molecule has 0 amide bonds. The molecule has 6 aromatic heterocycles. The maximum absolute atomic E-state index is 13.7. The van der Waals surface area contributed by atoms with E-state index in [-0.39, 0.29) is 64.2 Å². The summed E-state index contributed by atoms with van der Waals surface area (Å²) in [7, 11) is -18.4. The van der Waals surface area contributed by atoms with Crippen LogP contribution in [0.1, 0.15) is 25.1 Å². The number of ether oxygens (including phenoxy) is 6. The molecule has 39 nitrogen and oxygen atoms in total. The first-order valence-electron chi connectivity index (χ1n) is 22.9. The summed E-state index contributed by atoms with van der Waals surface area (Å²) in [5.74, 6) is -1.55. The quantitative estimate of drug-likeness (QED) is 0.0221. The number of nitrogens with zero attached hydrogens (tertiary/aromatic N) is 10. The van der Waals surface area contributed by atoms with Crippen molar-refractivity contribution < 1.29 is 108 Å². The van der Waals surface area contributed by atoms with Gasteiger partial charge in [0.05, 0.1) is 45.6 Å². The summed E-state index contributed by atoms with van der Waals surface area (Å²) >= 11 is 0. The number of aliphatic hydroxyl groups is 2. The summed E-state index contributed by atoms with van der Waals surface area (Å²) in [5, 5.41) is 22.6. The van der Waals surface area contributed by atoms with Gasteiger partial charge in [-0.1, -0.05) is 0 Å². The van der Waals surface area contributed by atoms with Crippen molar-refractivity contribution in [3.63, 3.8) is 0 Å². The zero-order chi connectivity index (χ0) is 57.1. The number of hydrogen-bond acceptors (Lipinski definition) is 30. The SMILES string of the molecule is COCC[C@H]1[C@@H](O)[C@H](n2c[n+](C)c3c(=O)[nH]c(N)nc32)O[C@@H]1COP(=O)(O)OP(=O)(O)OP(=O)(O)OCC1O[C@@H](n2cnc3c(N)ncnc32)[C@H](OC)[C@@H]1OP(=O)([O-])OC[C@H]1O[C@@H](n2cnc3c(=O)[nH]c(N)nc32)[C@H](OC)[C@@H]1O. The predicted octanol–water partition coefficient (Wildman–Crippen LogP) is -3.40. The van der Waals surface area contributed by atoms with Crippen molar-refractivity contribution in [1.82, 2.24) is 53.6 Å². The van der Waals surface area contributed by atoms with Gasteiger partial charge in [-0.15, -0.1) is 0 Å². The fourth-order valence-electron chi connectivity index (χ4n) is 9.22. The Morgan fingerprint density at radius 1 is 0.684 bits per heavy atom. The first-order valence-corrected chi connectivity index (χ1v) is 28.8. The van der Waals surface area contributed by atoms with E-state index < -0.39 is 136 Å². The number of aromatic nitrogens is 12. The standard InChI is InChI=1S/C36H51N15O24P4/c1-48-13-51(29-20(48)31(55)47-36(39)45-29)32-21(52)14(5-6-64-2)15(70-32)7-68-77(58,59)74-79(62,63)75-78(60,61)69-9-17-23(25(66-4)34(72-17)49-11-42-18-26(37)40-10-41-27(18)49)73-76(56,57)67-8-16-22(53)24(65-3)33(71-16)50-12-43-19-28(50)44-35(38)46-30(19)54/h10-17,21-25,32-34,52-53H,5-9H2,1-4H3,(H11-,37,38,39,40,41,44,45,46,47,54,55,56,57,58,59,60,61,62,63)/t14-,15-,16-,17?,21-,22-,23-,24-,25-,32-,33-,34-/m1/s1. The predicted molar refractivity (Wildman–Crippen MR) is 256 cm³/mol. The minimum absolute atomic E-state index is 0.00561. The number of methoxy groups -OCH3 is 3. The fraction of sp³-hybridized carbons (Fsp3) is 0.583. The molecule has 0 saturated carbocycles. The highest BCUT2D eigenvalue weighted by Gasteiger charge is 2.53. The number of anilines is 3. The normalized spacial score (nSPS) is 29.5. The molecule has 0 bridgehead atoms. The largest absolute Gasteiger partial charge is 0.756 e. The molecule has 3 saturated heterocycles. The molecule has 3 aliphatic rings. The Bertz CT molecular complexity index is 3550. The maximum atomic E-state index is 13.7. The van der Waals surface area contributed by atoms with E-state index in [2.05, 4.69) is 48.5 Å². The lowest BCUT2D eigenvalue weighted by Crippen LogP contribution is -2.39. The van der Waals surface area contributed by atoms with Crippen LogP contribution >= 0.6 is 31.3 Å². The molecule has 3 fully saturated rings. The van der Waals surface area contributed by atoms with E-state index >= 15 is 0 Å². The lowest BCUT2D eigenvalue weighted by atomic mass is 9.95. The number of fused-ring (bicyclic) bond motifs is 3. The molecule has 0 aromatic carbocycles. The van der Waals surface area contributed by atoms with Gasteiger partial charge in [0.25, 0.3) is 24.5 Å². The Kier molecular flexibility index (Phi) is 16.8. The number of imidazole rings is 3.